The van der Waals surface area contributed by atoms with Crippen LogP contribution in [-0.4, -0.2) is 40.7 Å². The van der Waals surface area contributed by atoms with Gasteiger partial charge in [-0.3, -0.25) is 4.79 Å². The topological polar surface area (TPSA) is 75.5 Å². The van der Waals surface area contributed by atoms with E-state index in [0.717, 1.165) is 6.42 Å². The maximum absolute atomic E-state index is 11.2. The summed E-state index contributed by atoms with van der Waals surface area (Å²) in [5.74, 6) is 0.465. The summed E-state index contributed by atoms with van der Waals surface area (Å²) >= 11 is 0. The van der Waals surface area contributed by atoms with E-state index in [9.17, 15) is 9.90 Å². The molecule has 2 rings (SSSR count). The van der Waals surface area contributed by atoms with Crippen LogP contribution in [0.5, 0.6) is 5.88 Å². The van der Waals surface area contributed by atoms with Crippen molar-refractivity contribution in [2.75, 3.05) is 24.6 Å². The number of aromatic nitrogens is 2. The lowest BCUT2D eigenvalue weighted by Gasteiger charge is -2.36. The predicted molar refractivity (Wildman–Crippen MR) is 75.0 cm³/mol. The maximum Gasteiger partial charge on any atom is 0.309 e. The van der Waals surface area contributed by atoms with Gasteiger partial charge in [0.05, 0.1) is 12.0 Å². The molecule has 0 amide bonds. The second-order valence-electron chi connectivity index (χ2n) is 5.40. The molecule has 0 aromatic carbocycles. The minimum absolute atomic E-state index is 0.573. The van der Waals surface area contributed by atoms with Gasteiger partial charge in [-0.15, -0.1) is 0 Å². The van der Waals surface area contributed by atoms with Gasteiger partial charge >= 0.3 is 5.97 Å². The second kappa shape index (κ2) is 6.07. The Morgan fingerprint density at radius 1 is 1.50 bits per heavy atom. The number of piperidine rings is 1. The van der Waals surface area contributed by atoms with Gasteiger partial charge in [0, 0.05) is 25.4 Å². The minimum atomic E-state index is -0.724. The Balaban J connectivity index is 2.01. The number of hydrogen-bond donors (Lipinski definition) is 1. The molecule has 0 unspecified atom stereocenters. The molecular formula is C14H21N3O3. The fourth-order valence-corrected chi connectivity index (χ4v) is 2.19. The van der Waals surface area contributed by atoms with Gasteiger partial charge in [-0.05, 0) is 26.2 Å². The maximum atomic E-state index is 11.2. The normalized spacial score (nSPS) is 17.8. The zero-order valence-electron chi connectivity index (χ0n) is 12.0. The van der Waals surface area contributed by atoms with Crippen LogP contribution in [0.25, 0.3) is 0 Å². The first-order valence-corrected chi connectivity index (χ1v) is 6.99. The largest absolute Gasteiger partial charge is 0.481 e. The Bertz CT molecular complexity index is 470. The monoisotopic (exact) mass is 279 g/mol. The van der Waals surface area contributed by atoms with Crippen molar-refractivity contribution >= 4 is 11.9 Å². The zero-order chi connectivity index (χ0) is 14.6. The van der Waals surface area contributed by atoms with E-state index in [1.54, 1.807) is 19.2 Å². The summed E-state index contributed by atoms with van der Waals surface area (Å²) in [6.45, 7) is 5.78. The van der Waals surface area contributed by atoms with Crippen LogP contribution in [0.4, 0.5) is 5.95 Å². The molecule has 6 nitrogen and oxygen atoms in total. The third kappa shape index (κ3) is 3.18. The van der Waals surface area contributed by atoms with E-state index < -0.39 is 11.4 Å². The minimum Gasteiger partial charge on any atom is -0.481 e. The number of rotatable bonds is 5. The predicted octanol–water partition coefficient (Wildman–Crippen LogP) is 1.96. The zero-order valence-corrected chi connectivity index (χ0v) is 12.0. The summed E-state index contributed by atoms with van der Waals surface area (Å²) in [4.78, 5) is 21.9. The molecule has 1 saturated heterocycles. The van der Waals surface area contributed by atoms with E-state index in [0.29, 0.717) is 44.4 Å². The number of hydrogen-bond acceptors (Lipinski definition) is 5. The van der Waals surface area contributed by atoms with Gasteiger partial charge in [-0.25, -0.2) is 4.98 Å². The highest BCUT2D eigenvalue weighted by molar-refractivity contribution is 5.74. The van der Waals surface area contributed by atoms with Crippen molar-refractivity contribution in [1.82, 2.24) is 9.97 Å². The van der Waals surface area contributed by atoms with Gasteiger partial charge in [0.1, 0.15) is 0 Å². The van der Waals surface area contributed by atoms with Gasteiger partial charge < -0.3 is 14.7 Å². The molecule has 0 spiro atoms. The van der Waals surface area contributed by atoms with Gasteiger partial charge in [0.2, 0.25) is 11.8 Å². The molecule has 1 aliphatic rings. The molecule has 1 N–H and O–H groups in total. The van der Waals surface area contributed by atoms with Crippen LogP contribution < -0.4 is 9.64 Å². The molecule has 1 aromatic heterocycles. The first-order chi connectivity index (χ1) is 9.55. The Labute approximate surface area is 118 Å². The van der Waals surface area contributed by atoms with Crippen LogP contribution in [-0.2, 0) is 4.79 Å². The molecule has 0 bridgehead atoms. The van der Waals surface area contributed by atoms with Gasteiger partial charge in [-0.1, -0.05) is 6.92 Å². The van der Waals surface area contributed by atoms with E-state index >= 15 is 0 Å². The van der Waals surface area contributed by atoms with Crippen LogP contribution in [0, 0.1) is 5.41 Å². The van der Waals surface area contributed by atoms with Crippen molar-refractivity contribution in [1.29, 1.82) is 0 Å². The van der Waals surface area contributed by atoms with Crippen LogP contribution >= 0.6 is 0 Å². The van der Waals surface area contributed by atoms with Gasteiger partial charge in [0.25, 0.3) is 0 Å². The fourth-order valence-electron chi connectivity index (χ4n) is 2.19. The van der Waals surface area contributed by atoms with Crippen LogP contribution in [0.3, 0.4) is 0 Å². The highest BCUT2D eigenvalue weighted by atomic mass is 16.5. The Hall–Kier alpha value is -1.85. The van der Waals surface area contributed by atoms with Crippen molar-refractivity contribution in [3.05, 3.63) is 12.3 Å². The first-order valence-electron chi connectivity index (χ1n) is 6.99. The summed E-state index contributed by atoms with van der Waals surface area (Å²) in [6, 6.07) is 1.74. The molecule has 1 fully saturated rings. The number of ether oxygens (including phenoxy) is 1. The second-order valence-corrected chi connectivity index (χ2v) is 5.40. The molecule has 0 saturated carbocycles. The third-order valence-electron chi connectivity index (χ3n) is 3.74. The van der Waals surface area contributed by atoms with Crippen molar-refractivity contribution in [3.8, 4) is 5.88 Å². The SMILES string of the molecule is CCCOc1ccnc(N2CCC(C)(C(=O)O)CC2)n1. The Kier molecular flexibility index (Phi) is 4.42. The van der Waals surface area contributed by atoms with Crippen molar-refractivity contribution in [2.24, 2.45) is 5.41 Å². The number of carbonyl (C=O) groups is 1. The average molecular weight is 279 g/mol. The molecule has 2 heterocycles. The highest BCUT2D eigenvalue weighted by Crippen LogP contribution is 2.32. The van der Waals surface area contributed by atoms with E-state index in [1.807, 2.05) is 11.8 Å². The number of carboxylic acid groups (broad SMARTS) is 1. The summed E-state index contributed by atoms with van der Waals surface area (Å²) in [5, 5.41) is 9.23. The molecule has 110 valence electrons. The molecule has 0 aliphatic carbocycles. The Morgan fingerprint density at radius 3 is 2.80 bits per heavy atom. The van der Waals surface area contributed by atoms with Crippen LogP contribution in [0.1, 0.15) is 33.1 Å². The highest BCUT2D eigenvalue weighted by Gasteiger charge is 2.37. The van der Waals surface area contributed by atoms with E-state index in [1.165, 1.54) is 0 Å². The molecule has 0 radical (unpaired) electrons. The summed E-state index contributed by atoms with van der Waals surface area (Å²) < 4.78 is 5.49. The van der Waals surface area contributed by atoms with Crippen LogP contribution in [0.2, 0.25) is 0 Å². The summed E-state index contributed by atoms with van der Waals surface area (Å²) in [6.07, 6.45) is 3.82. The van der Waals surface area contributed by atoms with Crippen molar-refractivity contribution in [2.45, 2.75) is 33.1 Å². The number of nitrogens with zero attached hydrogens (tertiary/aromatic N) is 3. The average Bonchev–Trinajstić information content (AvgIpc) is 2.46. The number of carboxylic acids is 1. The summed E-state index contributed by atoms with van der Waals surface area (Å²) in [5.41, 5.74) is -0.632. The van der Waals surface area contributed by atoms with Gasteiger partial charge in [-0.2, -0.15) is 4.98 Å². The van der Waals surface area contributed by atoms with E-state index in [-0.39, 0.29) is 0 Å². The molecular weight excluding hydrogens is 258 g/mol. The standard InChI is InChI=1S/C14H21N3O3/c1-3-10-20-11-4-7-15-13(16-11)17-8-5-14(2,6-9-17)12(18)19/h4,7H,3,5-6,8-10H2,1-2H3,(H,18,19). The summed E-state index contributed by atoms with van der Waals surface area (Å²) in [7, 11) is 0. The Morgan fingerprint density at radius 2 is 2.20 bits per heavy atom. The van der Waals surface area contributed by atoms with Gasteiger partial charge in [0.15, 0.2) is 0 Å². The molecule has 1 aliphatic heterocycles. The van der Waals surface area contributed by atoms with Crippen LogP contribution in [0.15, 0.2) is 12.3 Å². The van der Waals surface area contributed by atoms with E-state index in [2.05, 4.69) is 9.97 Å². The third-order valence-corrected chi connectivity index (χ3v) is 3.74. The smallest absolute Gasteiger partial charge is 0.309 e. The first kappa shape index (κ1) is 14.6. The lowest BCUT2D eigenvalue weighted by atomic mass is 9.80. The molecule has 1 aromatic rings. The quantitative estimate of drug-likeness (QED) is 0.888. The van der Waals surface area contributed by atoms with E-state index in [4.69, 9.17) is 4.74 Å². The van der Waals surface area contributed by atoms with Crippen molar-refractivity contribution in [3.63, 3.8) is 0 Å². The molecule has 6 heteroatoms. The number of anilines is 1. The molecule has 0 atom stereocenters. The lowest BCUT2D eigenvalue weighted by Crippen LogP contribution is -2.43. The number of aliphatic carboxylic acids is 1. The van der Waals surface area contributed by atoms with Crippen molar-refractivity contribution < 1.29 is 14.6 Å². The molecule has 20 heavy (non-hydrogen) atoms. The lowest BCUT2D eigenvalue weighted by molar-refractivity contribution is -0.149. The fraction of sp³-hybridized carbons (Fsp3) is 0.643.